The third-order valence-electron chi connectivity index (χ3n) is 3.33. The monoisotopic (exact) mass is 315 g/mol. The van der Waals surface area contributed by atoms with E-state index in [1.807, 2.05) is 0 Å². The van der Waals surface area contributed by atoms with Crippen molar-refractivity contribution in [1.82, 2.24) is 0 Å². The normalized spacial score (nSPS) is 10.2. The van der Waals surface area contributed by atoms with E-state index in [0.717, 1.165) is 0 Å². The van der Waals surface area contributed by atoms with Crippen molar-refractivity contribution in [2.45, 2.75) is 6.92 Å². The van der Waals surface area contributed by atoms with Gasteiger partial charge in [-0.25, -0.2) is 9.59 Å². The number of carboxylic acid groups (broad SMARTS) is 1. The van der Waals surface area contributed by atoms with Gasteiger partial charge in [0.05, 0.1) is 29.1 Å². The van der Waals surface area contributed by atoms with E-state index in [1.165, 1.54) is 29.2 Å². The molecule has 2 aromatic rings. The van der Waals surface area contributed by atoms with Gasteiger partial charge in [0.15, 0.2) is 0 Å². The molecule has 0 aliphatic rings. The molecular formula is C17H17NO5. The molecule has 0 saturated heterocycles. The Hall–Kier alpha value is -3.02. The highest BCUT2D eigenvalue weighted by Gasteiger charge is 2.20. The predicted octanol–water partition coefficient (Wildman–Crippen LogP) is 3.04. The van der Waals surface area contributed by atoms with Crippen LogP contribution >= 0.6 is 0 Å². The minimum atomic E-state index is -1.08. The van der Waals surface area contributed by atoms with E-state index in [0.29, 0.717) is 11.4 Å². The average Bonchev–Trinajstić information content (AvgIpc) is 2.54. The smallest absolute Gasteiger partial charge is 0.340 e. The van der Waals surface area contributed by atoms with Gasteiger partial charge in [-0.1, -0.05) is 12.1 Å². The summed E-state index contributed by atoms with van der Waals surface area (Å²) in [7, 11) is 1.62. The third-order valence-corrected chi connectivity index (χ3v) is 3.33. The number of nitrogens with zero attached hydrogens (tertiary/aromatic N) is 1. The molecule has 6 heteroatoms. The molecule has 0 aromatic heterocycles. The third kappa shape index (κ3) is 3.42. The molecule has 6 nitrogen and oxygen atoms in total. The lowest BCUT2D eigenvalue weighted by Crippen LogP contribution is -2.18. The van der Waals surface area contributed by atoms with Gasteiger partial charge in [-0.05, 0) is 31.2 Å². The number of anilines is 2. The van der Waals surface area contributed by atoms with Crippen LogP contribution in [0.5, 0.6) is 5.75 Å². The fourth-order valence-corrected chi connectivity index (χ4v) is 2.26. The summed E-state index contributed by atoms with van der Waals surface area (Å²) in [4.78, 5) is 25.0. The first-order valence-corrected chi connectivity index (χ1v) is 7.02. The molecule has 0 saturated carbocycles. The van der Waals surface area contributed by atoms with Gasteiger partial charge in [-0.3, -0.25) is 0 Å². The topological polar surface area (TPSA) is 87.1 Å². The Morgan fingerprint density at radius 3 is 2.43 bits per heavy atom. The maximum Gasteiger partial charge on any atom is 0.340 e. The van der Waals surface area contributed by atoms with Gasteiger partial charge < -0.3 is 19.8 Å². The molecule has 120 valence electrons. The maximum absolute atomic E-state index is 12.1. The number of carboxylic acids is 1. The fraction of sp³-hybridized carbons (Fsp3) is 0.176. The zero-order chi connectivity index (χ0) is 17.0. The number of benzene rings is 2. The molecule has 0 bridgehead atoms. The highest BCUT2D eigenvalue weighted by Crippen LogP contribution is 2.32. The molecule has 2 rings (SSSR count). The van der Waals surface area contributed by atoms with E-state index in [4.69, 9.17) is 4.74 Å². The number of phenolic OH excluding ortho intramolecular Hbond substituents is 1. The highest BCUT2D eigenvalue weighted by molar-refractivity contribution is 6.00. The van der Waals surface area contributed by atoms with Crippen molar-refractivity contribution >= 4 is 23.3 Å². The number of hydrogen-bond donors (Lipinski definition) is 2. The Kier molecular flexibility index (Phi) is 4.85. The van der Waals surface area contributed by atoms with Gasteiger partial charge in [0.25, 0.3) is 0 Å². The molecule has 0 aliphatic carbocycles. The standard InChI is InChI=1S/C17H17NO5/c1-3-23-17(22)13-9-8-11(19)10-15(13)18(2)14-7-5-4-6-12(14)16(20)21/h4-10,19H,3H2,1-2H3,(H,20,21). The summed E-state index contributed by atoms with van der Waals surface area (Å²) < 4.78 is 5.01. The Balaban J connectivity index is 2.55. The number of carbonyl (C=O) groups excluding carboxylic acids is 1. The van der Waals surface area contributed by atoms with Gasteiger partial charge in [0.1, 0.15) is 5.75 Å². The summed E-state index contributed by atoms with van der Waals surface area (Å²) in [6, 6.07) is 10.6. The molecule has 0 aliphatic heterocycles. The quantitative estimate of drug-likeness (QED) is 0.825. The lowest BCUT2D eigenvalue weighted by atomic mass is 10.1. The van der Waals surface area contributed by atoms with Crippen LogP contribution in [-0.4, -0.2) is 35.8 Å². The fourth-order valence-electron chi connectivity index (χ4n) is 2.26. The number of carbonyl (C=O) groups is 2. The molecule has 23 heavy (non-hydrogen) atoms. The Bertz CT molecular complexity index is 742. The Labute approximate surface area is 133 Å². The first-order chi connectivity index (χ1) is 11.0. The van der Waals surface area contributed by atoms with Crippen LogP contribution in [0, 0.1) is 0 Å². The van der Waals surface area contributed by atoms with Crippen LogP contribution in [0.15, 0.2) is 42.5 Å². The first kappa shape index (κ1) is 16.4. The van der Waals surface area contributed by atoms with Crippen molar-refractivity contribution in [2.75, 3.05) is 18.6 Å². The summed E-state index contributed by atoms with van der Waals surface area (Å²) in [5, 5.41) is 19.0. The number of phenols is 1. The number of para-hydroxylation sites is 1. The van der Waals surface area contributed by atoms with E-state index in [2.05, 4.69) is 0 Å². The SMILES string of the molecule is CCOC(=O)c1ccc(O)cc1N(C)c1ccccc1C(=O)O. The second-order valence-electron chi connectivity index (χ2n) is 4.80. The van der Waals surface area contributed by atoms with Crippen molar-refractivity contribution < 1.29 is 24.5 Å². The molecule has 0 amide bonds. The second-order valence-corrected chi connectivity index (χ2v) is 4.80. The van der Waals surface area contributed by atoms with E-state index in [-0.39, 0.29) is 23.5 Å². The van der Waals surface area contributed by atoms with Gasteiger partial charge in [-0.2, -0.15) is 0 Å². The molecule has 0 heterocycles. The number of esters is 1. The lowest BCUT2D eigenvalue weighted by molar-refractivity contribution is 0.0527. The van der Waals surface area contributed by atoms with E-state index in [1.54, 1.807) is 32.2 Å². The average molecular weight is 315 g/mol. The van der Waals surface area contributed by atoms with Crippen LogP contribution in [0.2, 0.25) is 0 Å². The van der Waals surface area contributed by atoms with Crippen molar-refractivity contribution in [3.8, 4) is 5.75 Å². The number of aromatic carboxylic acids is 1. The first-order valence-electron chi connectivity index (χ1n) is 7.02. The van der Waals surface area contributed by atoms with Crippen molar-refractivity contribution in [3.05, 3.63) is 53.6 Å². The minimum Gasteiger partial charge on any atom is -0.508 e. The number of ether oxygens (including phenoxy) is 1. The van der Waals surface area contributed by atoms with Crippen molar-refractivity contribution in [3.63, 3.8) is 0 Å². The zero-order valence-corrected chi connectivity index (χ0v) is 12.8. The van der Waals surface area contributed by atoms with Gasteiger partial charge in [0, 0.05) is 13.1 Å². The second kappa shape index (κ2) is 6.83. The number of rotatable bonds is 5. The molecule has 0 atom stereocenters. The molecule has 0 unspecified atom stereocenters. The zero-order valence-electron chi connectivity index (χ0n) is 12.8. The molecule has 0 fully saturated rings. The van der Waals surface area contributed by atoms with Crippen LogP contribution in [0.3, 0.4) is 0 Å². The molecule has 0 radical (unpaired) electrons. The van der Waals surface area contributed by atoms with Gasteiger partial charge in [0.2, 0.25) is 0 Å². The van der Waals surface area contributed by atoms with Crippen LogP contribution in [0.25, 0.3) is 0 Å². The summed E-state index contributed by atoms with van der Waals surface area (Å²) in [5.41, 5.74) is 1.09. The summed E-state index contributed by atoms with van der Waals surface area (Å²) >= 11 is 0. The van der Waals surface area contributed by atoms with E-state index < -0.39 is 11.9 Å². The highest BCUT2D eigenvalue weighted by atomic mass is 16.5. The maximum atomic E-state index is 12.1. The summed E-state index contributed by atoms with van der Waals surface area (Å²) in [6.45, 7) is 1.91. The van der Waals surface area contributed by atoms with Crippen LogP contribution < -0.4 is 4.90 Å². The number of hydrogen-bond acceptors (Lipinski definition) is 5. The molecule has 2 aromatic carbocycles. The van der Waals surface area contributed by atoms with Crippen molar-refractivity contribution in [1.29, 1.82) is 0 Å². The Morgan fingerprint density at radius 2 is 1.78 bits per heavy atom. The summed E-state index contributed by atoms with van der Waals surface area (Å²) in [5.74, 6) is -1.65. The molecule has 0 spiro atoms. The molecular weight excluding hydrogens is 298 g/mol. The van der Waals surface area contributed by atoms with Crippen LogP contribution in [0.4, 0.5) is 11.4 Å². The largest absolute Gasteiger partial charge is 0.508 e. The predicted molar refractivity (Wildman–Crippen MR) is 85.5 cm³/mol. The van der Waals surface area contributed by atoms with Gasteiger partial charge in [-0.15, -0.1) is 0 Å². The Morgan fingerprint density at radius 1 is 1.09 bits per heavy atom. The lowest BCUT2D eigenvalue weighted by Gasteiger charge is -2.23. The van der Waals surface area contributed by atoms with Crippen LogP contribution in [-0.2, 0) is 4.74 Å². The van der Waals surface area contributed by atoms with E-state index >= 15 is 0 Å². The van der Waals surface area contributed by atoms with E-state index in [9.17, 15) is 19.8 Å². The summed E-state index contributed by atoms with van der Waals surface area (Å²) in [6.07, 6.45) is 0. The minimum absolute atomic E-state index is 0.0345. The van der Waals surface area contributed by atoms with Crippen molar-refractivity contribution in [2.24, 2.45) is 0 Å². The number of aromatic hydroxyl groups is 1. The van der Waals surface area contributed by atoms with Gasteiger partial charge >= 0.3 is 11.9 Å². The molecule has 2 N–H and O–H groups in total. The van der Waals surface area contributed by atoms with Crippen LogP contribution in [0.1, 0.15) is 27.6 Å².